The smallest absolute Gasteiger partial charge is 0.281 e. The molecule has 0 aliphatic rings. The summed E-state index contributed by atoms with van der Waals surface area (Å²) in [4.78, 5) is 15.5. The Bertz CT molecular complexity index is 770. The SMILES string of the molecule is CC(NS(=O)(=O)c1cc(C(=O)NN)n(C)c1)c1cccnc1. The molecule has 2 aromatic heterocycles. The zero-order chi connectivity index (χ0) is 16.3. The molecule has 4 N–H and O–H groups in total. The standard InChI is InChI=1S/C13H17N5O3S/c1-9(10-4-3-5-15-7-10)17-22(20,21)11-6-12(13(19)16-14)18(2)8-11/h3-9,17H,14H2,1-2H3,(H,16,19). The Balaban J connectivity index is 2.26. The molecule has 0 bridgehead atoms. The molecule has 2 rings (SSSR count). The first kappa shape index (κ1) is 16.1. The van der Waals surface area contributed by atoms with E-state index in [0.29, 0.717) is 0 Å². The van der Waals surface area contributed by atoms with Crippen molar-refractivity contribution in [3.8, 4) is 0 Å². The molecule has 8 nitrogen and oxygen atoms in total. The number of nitrogen functional groups attached to an aromatic ring is 1. The molecule has 1 amide bonds. The topological polar surface area (TPSA) is 119 Å². The minimum atomic E-state index is -3.77. The van der Waals surface area contributed by atoms with Gasteiger partial charge in [0, 0.05) is 31.7 Å². The Morgan fingerprint density at radius 2 is 2.18 bits per heavy atom. The van der Waals surface area contributed by atoms with Crippen molar-refractivity contribution in [2.45, 2.75) is 17.9 Å². The molecule has 0 radical (unpaired) electrons. The Kier molecular flexibility index (Phi) is 4.59. The first-order valence-corrected chi connectivity index (χ1v) is 7.93. The Hall–Kier alpha value is -2.23. The van der Waals surface area contributed by atoms with Crippen LogP contribution in [0.4, 0.5) is 0 Å². The highest BCUT2D eigenvalue weighted by molar-refractivity contribution is 7.89. The second kappa shape index (κ2) is 6.26. The zero-order valence-corrected chi connectivity index (χ0v) is 13.0. The van der Waals surface area contributed by atoms with Crippen molar-refractivity contribution in [2.24, 2.45) is 12.9 Å². The highest BCUT2D eigenvalue weighted by Gasteiger charge is 2.22. The van der Waals surface area contributed by atoms with E-state index >= 15 is 0 Å². The number of hydrazine groups is 1. The van der Waals surface area contributed by atoms with Crippen molar-refractivity contribution in [3.05, 3.63) is 48.0 Å². The van der Waals surface area contributed by atoms with Gasteiger partial charge in [0.05, 0.1) is 0 Å². The van der Waals surface area contributed by atoms with Gasteiger partial charge in [0.1, 0.15) is 10.6 Å². The van der Waals surface area contributed by atoms with E-state index in [0.717, 1.165) is 5.56 Å². The number of rotatable bonds is 5. The van der Waals surface area contributed by atoms with Gasteiger partial charge in [-0.2, -0.15) is 0 Å². The number of carbonyl (C=O) groups is 1. The van der Waals surface area contributed by atoms with Crippen molar-refractivity contribution in [1.82, 2.24) is 19.7 Å². The van der Waals surface area contributed by atoms with E-state index in [1.165, 1.54) is 16.8 Å². The number of amides is 1. The first-order chi connectivity index (χ1) is 10.3. The highest BCUT2D eigenvalue weighted by Crippen LogP contribution is 2.18. The maximum absolute atomic E-state index is 12.4. The molecule has 0 aromatic carbocycles. The molecule has 118 valence electrons. The predicted molar refractivity (Wildman–Crippen MR) is 80.0 cm³/mol. The Morgan fingerprint density at radius 1 is 1.45 bits per heavy atom. The average Bonchev–Trinajstić information content (AvgIpc) is 2.90. The van der Waals surface area contributed by atoms with Crippen molar-refractivity contribution < 1.29 is 13.2 Å². The van der Waals surface area contributed by atoms with Crippen LogP contribution >= 0.6 is 0 Å². The number of aryl methyl sites for hydroxylation is 1. The molecule has 0 saturated heterocycles. The third-order valence-corrected chi connectivity index (χ3v) is 4.68. The fourth-order valence-electron chi connectivity index (χ4n) is 1.98. The third-order valence-electron chi connectivity index (χ3n) is 3.17. The van der Waals surface area contributed by atoms with E-state index in [9.17, 15) is 13.2 Å². The summed E-state index contributed by atoms with van der Waals surface area (Å²) < 4.78 is 28.7. The number of nitrogens with one attached hydrogen (secondary N) is 2. The summed E-state index contributed by atoms with van der Waals surface area (Å²) in [6.45, 7) is 1.71. The van der Waals surface area contributed by atoms with Gasteiger partial charge in [0.15, 0.2) is 0 Å². The van der Waals surface area contributed by atoms with E-state index in [1.807, 2.05) is 5.43 Å². The largest absolute Gasteiger partial charge is 0.345 e. The van der Waals surface area contributed by atoms with Crippen LogP contribution in [0.25, 0.3) is 0 Å². The predicted octanol–water partition coefficient (Wildman–Crippen LogP) is 0.0631. The number of hydrogen-bond acceptors (Lipinski definition) is 5. The molecule has 2 aromatic rings. The lowest BCUT2D eigenvalue weighted by atomic mass is 10.2. The van der Waals surface area contributed by atoms with Gasteiger partial charge in [-0.25, -0.2) is 19.0 Å². The number of sulfonamides is 1. The average molecular weight is 323 g/mol. The fourth-order valence-corrected chi connectivity index (χ4v) is 3.28. The quantitative estimate of drug-likeness (QED) is 0.408. The number of nitrogens with two attached hydrogens (primary N) is 1. The zero-order valence-electron chi connectivity index (χ0n) is 12.1. The molecule has 0 aliphatic carbocycles. The number of pyridine rings is 1. The second-order valence-electron chi connectivity index (χ2n) is 4.77. The molecule has 0 saturated carbocycles. The first-order valence-electron chi connectivity index (χ1n) is 6.44. The van der Waals surface area contributed by atoms with Gasteiger partial charge in [-0.05, 0) is 24.6 Å². The lowest BCUT2D eigenvalue weighted by molar-refractivity contribution is 0.0945. The molecule has 1 unspecified atom stereocenters. The van der Waals surface area contributed by atoms with Crippen molar-refractivity contribution >= 4 is 15.9 Å². The minimum absolute atomic E-state index is 0.00987. The molecule has 1 atom stereocenters. The molecule has 0 aliphatic heterocycles. The normalized spacial score (nSPS) is 12.9. The van der Waals surface area contributed by atoms with Crippen molar-refractivity contribution in [1.29, 1.82) is 0 Å². The van der Waals surface area contributed by atoms with E-state index in [4.69, 9.17) is 5.84 Å². The molecular formula is C13H17N5O3S. The molecule has 0 spiro atoms. The van der Waals surface area contributed by atoms with Crippen LogP contribution in [0.15, 0.2) is 41.7 Å². The second-order valence-corrected chi connectivity index (χ2v) is 6.49. The van der Waals surface area contributed by atoms with Crippen LogP contribution in [-0.4, -0.2) is 23.9 Å². The van der Waals surface area contributed by atoms with E-state index in [2.05, 4.69) is 9.71 Å². The fraction of sp³-hybridized carbons (Fsp3) is 0.231. The van der Waals surface area contributed by atoms with Crippen LogP contribution in [-0.2, 0) is 17.1 Å². The Labute approximate surface area is 128 Å². The van der Waals surface area contributed by atoms with E-state index < -0.39 is 22.0 Å². The number of hydrogen-bond donors (Lipinski definition) is 3. The summed E-state index contributed by atoms with van der Waals surface area (Å²) in [6.07, 6.45) is 4.55. The van der Waals surface area contributed by atoms with Crippen LogP contribution in [0.1, 0.15) is 29.0 Å². The highest BCUT2D eigenvalue weighted by atomic mass is 32.2. The summed E-state index contributed by atoms with van der Waals surface area (Å²) in [5.74, 6) is 4.50. The molecule has 0 fully saturated rings. The number of aromatic nitrogens is 2. The molecule has 9 heteroatoms. The summed E-state index contributed by atoms with van der Waals surface area (Å²) in [7, 11) is -2.21. The summed E-state index contributed by atoms with van der Waals surface area (Å²) in [5, 5.41) is 0. The van der Waals surface area contributed by atoms with Gasteiger partial charge in [-0.1, -0.05) is 6.07 Å². The van der Waals surface area contributed by atoms with E-state index in [1.54, 1.807) is 38.5 Å². The maximum Gasteiger partial charge on any atom is 0.281 e. The van der Waals surface area contributed by atoms with Gasteiger partial charge in [0.25, 0.3) is 5.91 Å². The lowest BCUT2D eigenvalue weighted by Gasteiger charge is -2.13. The van der Waals surface area contributed by atoms with Gasteiger partial charge in [0.2, 0.25) is 10.0 Å². The molecule has 2 heterocycles. The maximum atomic E-state index is 12.4. The summed E-state index contributed by atoms with van der Waals surface area (Å²) in [6, 6.07) is 4.32. The van der Waals surface area contributed by atoms with Gasteiger partial charge in [-0.15, -0.1) is 0 Å². The van der Waals surface area contributed by atoms with Crippen LogP contribution in [0, 0.1) is 0 Å². The van der Waals surface area contributed by atoms with Gasteiger partial charge in [-0.3, -0.25) is 15.2 Å². The van der Waals surface area contributed by atoms with Gasteiger partial charge >= 0.3 is 0 Å². The monoisotopic (exact) mass is 323 g/mol. The number of carbonyl (C=O) groups excluding carboxylic acids is 1. The van der Waals surface area contributed by atoms with Crippen LogP contribution in [0.5, 0.6) is 0 Å². The summed E-state index contributed by atoms with van der Waals surface area (Å²) in [5.41, 5.74) is 2.86. The van der Waals surface area contributed by atoms with Crippen LogP contribution in [0.2, 0.25) is 0 Å². The minimum Gasteiger partial charge on any atom is -0.345 e. The van der Waals surface area contributed by atoms with E-state index in [-0.39, 0.29) is 10.6 Å². The van der Waals surface area contributed by atoms with Crippen molar-refractivity contribution in [3.63, 3.8) is 0 Å². The van der Waals surface area contributed by atoms with Crippen LogP contribution in [0.3, 0.4) is 0 Å². The molecular weight excluding hydrogens is 306 g/mol. The lowest BCUT2D eigenvalue weighted by Crippen LogP contribution is -2.31. The molecule has 22 heavy (non-hydrogen) atoms. The van der Waals surface area contributed by atoms with Crippen molar-refractivity contribution in [2.75, 3.05) is 0 Å². The van der Waals surface area contributed by atoms with Crippen LogP contribution < -0.4 is 16.0 Å². The third kappa shape index (κ3) is 3.32. The van der Waals surface area contributed by atoms with Gasteiger partial charge < -0.3 is 4.57 Å². The summed E-state index contributed by atoms with van der Waals surface area (Å²) >= 11 is 0. The number of nitrogens with zero attached hydrogens (tertiary/aromatic N) is 2. The Morgan fingerprint density at radius 3 is 2.77 bits per heavy atom.